The molecule has 2 fully saturated rings. The average molecular weight is 470 g/mol. The van der Waals surface area contributed by atoms with Crippen LogP contribution in [-0.4, -0.2) is 101 Å². The van der Waals surface area contributed by atoms with Crippen LogP contribution in [0.3, 0.4) is 0 Å². The van der Waals surface area contributed by atoms with Crippen LogP contribution in [0, 0.1) is 0 Å². The third kappa shape index (κ3) is 7.24. The van der Waals surface area contributed by atoms with E-state index in [0.29, 0.717) is 46.1 Å². The van der Waals surface area contributed by atoms with Gasteiger partial charge in [-0.25, -0.2) is 0 Å². The van der Waals surface area contributed by atoms with Crippen LogP contribution in [0.2, 0.25) is 0 Å². The van der Waals surface area contributed by atoms with E-state index in [4.69, 9.17) is 14.2 Å². The molecule has 2 saturated heterocycles. The molecule has 9 heteroatoms. The Labute approximate surface area is 167 Å². The van der Waals surface area contributed by atoms with Gasteiger partial charge in [-0.05, 0) is 12.8 Å². The molecule has 0 spiro atoms. The molecule has 25 heavy (non-hydrogen) atoms. The van der Waals surface area contributed by atoms with Crippen LogP contribution in [0.1, 0.15) is 12.8 Å². The molecule has 2 rings (SSSR count). The number of rotatable bonds is 7. The van der Waals surface area contributed by atoms with E-state index in [1.165, 1.54) is 0 Å². The normalized spacial score (nSPS) is 21.2. The van der Waals surface area contributed by atoms with Gasteiger partial charge in [0.1, 0.15) is 6.10 Å². The predicted molar refractivity (Wildman–Crippen MR) is 107 cm³/mol. The Balaban J connectivity index is 0.00000312. The lowest BCUT2D eigenvalue weighted by Gasteiger charge is -2.37. The fraction of sp³-hybridized carbons (Fsp3) is 0.875. The number of guanidine groups is 1. The molecule has 1 unspecified atom stereocenters. The number of halogens is 1. The zero-order valence-electron chi connectivity index (χ0n) is 15.2. The summed E-state index contributed by atoms with van der Waals surface area (Å²) < 4.78 is 15.9. The Morgan fingerprint density at radius 2 is 1.92 bits per heavy atom. The second-order valence-corrected chi connectivity index (χ2v) is 5.89. The smallest absolute Gasteiger partial charge is 0.251 e. The first-order valence-electron chi connectivity index (χ1n) is 8.69. The highest BCUT2D eigenvalue weighted by atomic mass is 127. The molecule has 0 aliphatic carbocycles. The van der Waals surface area contributed by atoms with Gasteiger partial charge in [0.25, 0.3) is 5.91 Å². The van der Waals surface area contributed by atoms with Gasteiger partial charge in [-0.15, -0.1) is 24.0 Å². The maximum atomic E-state index is 12.4. The second kappa shape index (κ2) is 12.7. The SMILES string of the molecule is CN=C(NCCOCCOC)N1CCN(C(=O)C2CCCO2)CC1.I. The summed E-state index contributed by atoms with van der Waals surface area (Å²) in [6, 6.07) is 0. The number of hydrogen-bond donors (Lipinski definition) is 1. The van der Waals surface area contributed by atoms with E-state index in [-0.39, 0.29) is 36.0 Å². The minimum Gasteiger partial charge on any atom is -0.382 e. The predicted octanol–water partition coefficient (Wildman–Crippen LogP) is 0.166. The number of nitrogens with zero attached hydrogens (tertiary/aromatic N) is 3. The highest BCUT2D eigenvalue weighted by Crippen LogP contribution is 2.16. The molecule has 0 aromatic carbocycles. The number of nitrogens with one attached hydrogen (secondary N) is 1. The standard InChI is InChI=1S/C16H30N4O4.HI/c1-17-16(18-5-11-23-13-12-22-2)20-8-6-19(7-9-20)15(21)14-4-3-10-24-14;/h14H,3-13H2,1-2H3,(H,17,18);1H. The first kappa shape index (κ1) is 22.4. The molecule has 8 nitrogen and oxygen atoms in total. The van der Waals surface area contributed by atoms with Crippen LogP contribution in [0.4, 0.5) is 0 Å². The zero-order valence-corrected chi connectivity index (χ0v) is 17.6. The second-order valence-electron chi connectivity index (χ2n) is 5.89. The van der Waals surface area contributed by atoms with Crippen molar-refractivity contribution < 1.29 is 19.0 Å². The van der Waals surface area contributed by atoms with Gasteiger partial charge < -0.3 is 29.3 Å². The summed E-state index contributed by atoms with van der Waals surface area (Å²) in [4.78, 5) is 20.8. The number of methoxy groups -OCH3 is 1. The summed E-state index contributed by atoms with van der Waals surface area (Å²) in [6.45, 7) is 6.21. The summed E-state index contributed by atoms with van der Waals surface area (Å²) in [5.41, 5.74) is 0. The number of ether oxygens (including phenoxy) is 3. The van der Waals surface area contributed by atoms with Crippen molar-refractivity contribution in [2.24, 2.45) is 4.99 Å². The molecule has 0 bridgehead atoms. The third-order valence-corrected chi connectivity index (χ3v) is 4.27. The number of aliphatic imine (C=N–C) groups is 1. The molecule has 2 heterocycles. The van der Waals surface area contributed by atoms with Crippen LogP contribution >= 0.6 is 24.0 Å². The van der Waals surface area contributed by atoms with Crippen molar-refractivity contribution in [2.75, 3.05) is 73.3 Å². The van der Waals surface area contributed by atoms with Crippen molar-refractivity contribution in [3.8, 4) is 0 Å². The fourth-order valence-corrected chi connectivity index (χ4v) is 2.93. The van der Waals surface area contributed by atoms with Crippen molar-refractivity contribution >= 4 is 35.8 Å². The average Bonchev–Trinajstić information content (AvgIpc) is 3.15. The number of carbonyl (C=O) groups is 1. The summed E-state index contributed by atoms with van der Waals surface area (Å²) in [6.07, 6.45) is 1.61. The van der Waals surface area contributed by atoms with Crippen molar-refractivity contribution in [1.29, 1.82) is 0 Å². The lowest BCUT2D eigenvalue weighted by Crippen LogP contribution is -2.55. The topological polar surface area (TPSA) is 75.6 Å². The van der Waals surface area contributed by atoms with Crippen LogP contribution in [-0.2, 0) is 19.0 Å². The van der Waals surface area contributed by atoms with Gasteiger partial charge in [0.05, 0.1) is 19.8 Å². The van der Waals surface area contributed by atoms with Gasteiger partial charge >= 0.3 is 0 Å². The van der Waals surface area contributed by atoms with Gasteiger partial charge in [0.15, 0.2) is 5.96 Å². The van der Waals surface area contributed by atoms with Crippen molar-refractivity contribution in [1.82, 2.24) is 15.1 Å². The molecular formula is C16H31IN4O4. The fourth-order valence-electron chi connectivity index (χ4n) is 2.93. The largest absolute Gasteiger partial charge is 0.382 e. The Hall–Kier alpha value is -0.650. The Morgan fingerprint density at radius 3 is 2.52 bits per heavy atom. The van der Waals surface area contributed by atoms with E-state index in [1.807, 2.05) is 4.90 Å². The third-order valence-electron chi connectivity index (χ3n) is 4.27. The molecule has 146 valence electrons. The monoisotopic (exact) mass is 470 g/mol. The number of hydrogen-bond acceptors (Lipinski definition) is 5. The van der Waals surface area contributed by atoms with Gasteiger partial charge in [0, 0.05) is 53.5 Å². The van der Waals surface area contributed by atoms with Gasteiger partial charge in [-0.2, -0.15) is 0 Å². The number of amides is 1. The molecule has 0 radical (unpaired) electrons. The van der Waals surface area contributed by atoms with Crippen molar-refractivity contribution in [3.05, 3.63) is 0 Å². The molecule has 1 atom stereocenters. The maximum Gasteiger partial charge on any atom is 0.251 e. The maximum absolute atomic E-state index is 12.4. The minimum atomic E-state index is -0.224. The lowest BCUT2D eigenvalue weighted by atomic mass is 10.2. The number of piperazine rings is 1. The van der Waals surface area contributed by atoms with Crippen LogP contribution in [0.5, 0.6) is 0 Å². The van der Waals surface area contributed by atoms with Crippen LogP contribution < -0.4 is 5.32 Å². The first-order valence-corrected chi connectivity index (χ1v) is 8.69. The van der Waals surface area contributed by atoms with Crippen LogP contribution in [0.25, 0.3) is 0 Å². The van der Waals surface area contributed by atoms with E-state index in [1.54, 1.807) is 14.2 Å². The molecule has 1 amide bonds. The lowest BCUT2D eigenvalue weighted by molar-refractivity contribution is -0.142. The van der Waals surface area contributed by atoms with Crippen molar-refractivity contribution in [3.63, 3.8) is 0 Å². The van der Waals surface area contributed by atoms with Crippen LogP contribution in [0.15, 0.2) is 4.99 Å². The summed E-state index contributed by atoms with van der Waals surface area (Å²) >= 11 is 0. The van der Waals surface area contributed by atoms with E-state index >= 15 is 0 Å². The first-order chi connectivity index (χ1) is 11.8. The highest BCUT2D eigenvalue weighted by Gasteiger charge is 2.30. The summed E-state index contributed by atoms with van der Waals surface area (Å²) in [5, 5.41) is 3.30. The highest BCUT2D eigenvalue weighted by molar-refractivity contribution is 14.0. The van der Waals surface area contributed by atoms with Gasteiger partial charge in [0.2, 0.25) is 0 Å². The van der Waals surface area contributed by atoms with E-state index in [2.05, 4.69) is 15.2 Å². The quantitative estimate of drug-likeness (QED) is 0.248. The Morgan fingerprint density at radius 1 is 1.20 bits per heavy atom. The molecular weight excluding hydrogens is 439 g/mol. The van der Waals surface area contributed by atoms with Gasteiger partial charge in [-0.3, -0.25) is 9.79 Å². The van der Waals surface area contributed by atoms with E-state index < -0.39 is 0 Å². The molecule has 1 N–H and O–H groups in total. The number of carbonyl (C=O) groups excluding carboxylic acids is 1. The molecule has 0 aromatic rings. The molecule has 2 aliphatic rings. The molecule has 2 aliphatic heterocycles. The minimum absolute atomic E-state index is 0. The molecule has 0 aromatic heterocycles. The molecule has 0 saturated carbocycles. The Kier molecular flexibility index (Phi) is 11.3. The summed E-state index contributed by atoms with van der Waals surface area (Å²) in [5.74, 6) is 0.996. The van der Waals surface area contributed by atoms with Gasteiger partial charge in [-0.1, -0.05) is 0 Å². The van der Waals surface area contributed by atoms with Crippen molar-refractivity contribution in [2.45, 2.75) is 18.9 Å². The van der Waals surface area contributed by atoms with E-state index in [9.17, 15) is 4.79 Å². The summed E-state index contributed by atoms with van der Waals surface area (Å²) in [7, 11) is 3.44. The Bertz CT molecular complexity index is 411. The zero-order chi connectivity index (χ0) is 17.2. The van der Waals surface area contributed by atoms with E-state index in [0.717, 1.165) is 31.9 Å².